The minimum atomic E-state index is 0.514. The molecule has 0 saturated heterocycles. The molecule has 1 heterocycles. The van der Waals surface area contributed by atoms with Gasteiger partial charge >= 0.3 is 0 Å². The van der Waals surface area contributed by atoms with Crippen molar-refractivity contribution >= 4 is 44.0 Å². The number of anilines is 2. The van der Waals surface area contributed by atoms with E-state index in [1.807, 2.05) is 25.1 Å². The van der Waals surface area contributed by atoms with Crippen molar-refractivity contribution in [2.45, 2.75) is 6.92 Å². The van der Waals surface area contributed by atoms with E-state index in [4.69, 9.17) is 16.9 Å². The molecule has 0 aliphatic carbocycles. The van der Waals surface area contributed by atoms with Crippen LogP contribution in [0.15, 0.2) is 36.4 Å². The van der Waals surface area contributed by atoms with Crippen LogP contribution in [0.3, 0.4) is 0 Å². The summed E-state index contributed by atoms with van der Waals surface area (Å²) in [7, 11) is 0. The lowest BCUT2D eigenvalue weighted by atomic mass is 10.2. The Morgan fingerprint density at radius 2 is 2.15 bits per heavy atom. The summed E-state index contributed by atoms with van der Waals surface area (Å²) in [6.07, 6.45) is 0. The fourth-order valence-corrected chi connectivity index (χ4v) is 3.12. The van der Waals surface area contributed by atoms with Crippen LogP contribution in [0.2, 0.25) is 5.02 Å². The lowest BCUT2D eigenvalue weighted by Gasteiger charge is -2.04. The fourth-order valence-electron chi connectivity index (χ4n) is 1.94. The Balaban J connectivity index is 1.97. The Morgan fingerprint density at radius 1 is 1.30 bits per heavy atom. The number of fused-ring (bicyclic) bond motifs is 1. The number of hydrogen-bond donors (Lipinski definition) is 1. The number of rotatable bonds is 2. The summed E-state index contributed by atoms with van der Waals surface area (Å²) in [5, 5.41) is 13.3. The molecule has 0 unspecified atom stereocenters. The van der Waals surface area contributed by atoms with Gasteiger partial charge in [-0.25, -0.2) is 4.98 Å². The molecule has 0 radical (unpaired) electrons. The minimum Gasteiger partial charge on any atom is -0.330 e. The molecular weight excluding hydrogens is 290 g/mol. The molecule has 3 aromatic rings. The average molecular weight is 300 g/mol. The van der Waals surface area contributed by atoms with Gasteiger partial charge in [0.05, 0.1) is 32.6 Å². The summed E-state index contributed by atoms with van der Waals surface area (Å²) in [4.78, 5) is 4.57. The summed E-state index contributed by atoms with van der Waals surface area (Å²) in [5.41, 5.74) is 3.45. The number of nitriles is 1. The molecule has 0 aliphatic heterocycles. The first-order valence-corrected chi connectivity index (χ1v) is 7.19. The van der Waals surface area contributed by atoms with Gasteiger partial charge in [-0.15, -0.1) is 0 Å². The Bertz CT molecular complexity index is 833. The van der Waals surface area contributed by atoms with Crippen LogP contribution < -0.4 is 5.32 Å². The van der Waals surface area contributed by atoms with E-state index < -0.39 is 0 Å². The molecule has 0 amide bonds. The van der Waals surface area contributed by atoms with Crippen molar-refractivity contribution in [1.82, 2.24) is 4.98 Å². The van der Waals surface area contributed by atoms with Crippen LogP contribution in [0.4, 0.5) is 10.8 Å². The summed E-state index contributed by atoms with van der Waals surface area (Å²) in [6, 6.07) is 13.3. The predicted molar refractivity (Wildman–Crippen MR) is 83.8 cm³/mol. The van der Waals surface area contributed by atoms with Gasteiger partial charge in [0.25, 0.3) is 0 Å². The second-order valence-corrected chi connectivity index (χ2v) is 5.81. The molecule has 2 aromatic carbocycles. The molecule has 0 aliphatic rings. The zero-order valence-corrected chi connectivity index (χ0v) is 12.2. The van der Waals surface area contributed by atoms with Crippen molar-refractivity contribution in [3.63, 3.8) is 0 Å². The summed E-state index contributed by atoms with van der Waals surface area (Å²) < 4.78 is 1.14. The number of halogens is 1. The fraction of sp³-hybridized carbons (Fsp3) is 0.0667. The first kappa shape index (κ1) is 12.9. The van der Waals surface area contributed by atoms with Crippen LogP contribution in [-0.4, -0.2) is 4.98 Å². The number of para-hydroxylation sites is 1. The van der Waals surface area contributed by atoms with Crippen molar-refractivity contribution in [1.29, 1.82) is 5.26 Å². The molecule has 1 N–H and O–H groups in total. The first-order chi connectivity index (χ1) is 9.67. The van der Waals surface area contributed by atoms with Gasteiger partial charge in [-0.05, 0) is 36.8 Å². The number of aryl methyl sites for hydroxylation is 1. The monoisotopic (exact) mass is 299 g/mol. The number of benzene rings is 2. The number of aromatic nitrogens is 1. The van der Waals surface area contributed by atoms with Gasteiger partial charge in [0.2, 0.25) is 0 Å². The van der Waals surface area contributed by atoms with E-state index in [2.05, 4.69) is 16.4 Å². The molecular formula is C15H10ClN3S. The molecule has 3 rings (SSSR count). The van der Waals surface area contributed by atoms with Crippen LogP contribution in [-0.2, 0) is 0 Å². The summed E-state index contributed by atoms with van der Waals surface area (Å²) in [5.74, 6) is 0. The van der Waals surface area contributed by atoms with E-state index in [0.717, 1.165) is 26.6 Å². The number of thiazole rings is 1. The topological polar surface area (TPSA) is 48.7 Å². The van der Waals surface area contributed by atoms with Crippen molar-refractivity contribution in [3.05, 3.63) is 52.5 Å². The second-order valence-electron chi connectivity index (χ2n) is 4.37. The Morgan fingerprint density at radius 3 is 2.85 bits per heavy atom. The normalized spacial score (nSPS) is 10.4. The van der Waals surface area contributed by atoms with Gasteiger partial charge in [0.1, 0.15) is 0 Å². The van der Waals surface area contributed by atoms with Gasteiger partial charge in [0, 0.05) is 0 Å². The van der Waals surface area contributed by atoms with Crippen molar-refractivity contribution in [2.24, 2.45) is 0 Å². The highest BCUT2D eigenvalue weighted by Gasteiger charge is 2.08. The molecule has 3 nitrogen and oxygen atoms in total. The van der Waals surface area contributed by atoms with Crippen molar-refractivity contribution in [2.75, 3.05) is 5.32 Å². The molecule has 0 bridgehead atoms. The van der Waals surface area contributed by atoms with Gasteiger partial charge in [-0.2, -0.15) is 5.26 Å². The number of nitrogens with zero attached hydrogens (tertiary/aromatic N) is 2. The lowest BCUT2D eigenvalue weighted by molar-refractivity contribution is 1.40. The van der Waals surface area contributed by atoms with Crippen LogP contribution in [0.5, 0.6) is 0 Å². The third-order valence-electron chi connectivity index (χ3n) is 2.96. The maximum absolute atomic E-state index is 8.83. The van der Waals surface area contributed by atoms with Gasteiger partial charge in [0.15, 0.2) is 5.13 Å². The molecule has 20 heavy (non-hydrogen) atoms. The highest BCUT2D eigenvalue weighted by Crippen LogP contribution is 2.32. The minimum absolute atomic E-state index is 0.514. The maximum Gasteiger partial charge on any atom is 0.188 e. The maximum atomic E-state index is 8.83. The van der Waals surface area contributed by atoms with Crippen LogP contribution >= 0.6 is 22.9 Å². The Hall–Kier alpha value is -2.09. The van der Waals surface area contributed by atoms with Gasteiger partial charge in [-0.1, -0.05) is 35.1 Å². The first-order valence-electron chi connectivity index (χ1n) is 6.00. The van der Waals surface area contributed by atoms with Crippen LogP contribution in [0.1, 0.15) is 11.1 Å². The van der Waals surface area contributed by atoms with Crippen LogP contribution in [0, 0.1) is 18.3 Å². The zero-order valence-electron chi connectivity index (χ0n) is 10.6. The summed E-state index contributed by atoms with van der Waals surface area (Å²) >= 11 is 7.73. The van der Waals surface area contributed by atoms with Gasteiger partial charge in [-0.3, -0.25) is 0 Å². The predicted octanol–water partition coefficient (Wildman–Crippen LogP) is 4.87. The molecule has 0 fully saturated rings. The Kier molecular flexibility index (Phi) is 3.31. The highest BCUT2D eigenvalue weighted by atomic mass is 35.5. The molecule has 98 valence electrons. The average Bonchev–Trinajstić information content (AvgIpc) is 2.85. The van der Waals surface area contributed by atoms with E-state index >= 15 is 0 Å². The van der Waals surface area contributed by atoms with Crippen LogP contribution in [0.25, 0.3) is 10.2 Å². The Labute approximate surface area is 125 Å². The number of hydrogen-bond acceptors (Lipinski definition) is 4. The van der Waals surface area contributed by atoms with E-state index in [1.54, 1.807) is 29.5 Å². The molecule has 0 spiro atoms. The van der Waals surface area contributed by atoms with E-state index in [-0.39, 0.29) is 0 Å². The SMILES string of the molecule is Cc1cccc2sc(Nc3ccc(C#N)cc3Cl)nc12. The number of nitrogens with one attached hydrogen (secondary N) is 1. The molecule has 0 saturated carbocycles. The molecule has 1 aromatic heterocycles. The third kappa shape index (κ3) is 2.34. The lowest BCUT2D eigenvalue weighted by Crippen LogP contribution is -1.90. The zero-order chi connectivity index (χ0) is 14.1. The molecule has 5 heteroatoms. The van der Waals surface area contributed by atoms with Crippen molar-refractivity contribution < 1.29 is 0 Å². The van der Waals surface area contributed by atoms with Crippen molar-refractivity contribution in [3.8, 4) is 6.07 Å². The third-order valence-corrected chi connectivity index (χ3v) is 4.21. The summed E-state index contributed by atoms with van der Waals surface area (Å²) in [6.45, 7) is 2.04. The second kappa shape index (κ2) is 5.12. The standard InChI is InChI=1S/C15H10ClN3S/c1-9-3-2-4-13-14(9)19-15(20-13)18-12-6-5-10(8-17)7-11(12)16/h2-7H,1H3,(H,18,19). The van der Waals surface area contributed by atoms with E-state index in [1.165, 1.54) is 0 Å². The van der Waals surface area contributed by atoms with E-state index in [0.29, 0.717) is 10.6 Å². The van der Waals surface area contributed by atoms with E-state index in [9.17, 15) is 0 Å². The molecule has 0 atom stereocenters. The largest absolute Gasteiger partial charge is 0.330 e. The quantitative estimate of drug-likeness (QED) is 0.734. The highest BCUT2D eigenvalue weighted by molar-refractivity contribution is 7.22. The smallest absolute Gasteiger partial charge is 0.188 e. The van der Waals surface area contributed by atoms with Gasteiger partial charge < -0.3 is 5.32 Å².